The number of aromatic amines is 1. The highest BCUT2D eigenvalue weighted by molar-refractivity contribution is 5.78. The first kappa shape index (κ1) is 15.4. The lowest BCUT2D eigenvalue weighted by molar-refractivity contribution is 0.455. The molecule has 1 N–H and O–H groups in total. The van der Waals surface area contributed by atoms with Crippen LogP contribution in [0.25, 0.3) is 22.1 Å². The number of fused-ring (bicyclic) bond motifs is 3. The van der Waals surface area contributed by atoms with Gasteiger partial charge in [0.25, 0.3) is 6.01 Å². The standard InChI is InChI=1S/C21H15FN4O2/c22-13-5-3-6-15-20(13)28-21(25-15)26-9-8-14-18(24-11-23-14)19(26)17-10-12-4-1-2-7-16(12)27-17/h1-7,10-11,19H,8-9H2,(H,23,24)/t19-/m0/s1. The molecule has 6 nitrogen and oxygen atoms in total. The maximum atomic E-state index is 14.1. The maximum absolute atomic E-state index is 14.1. The van der Waals surface area contributed by atoms with Gasteiger partial charge in [-0.15, -0.1) is 0 Å². The molecule has 7 heteroatoms. The molecule has 138 valence electrons. The summed E-state index contributed by atoms with van der Waals surface area (Å²) in [6.07, 6.45) is 2.45. The summed E-state index contributed by atoms with van der Waals surface area (Å²) >= 11 is 0. The Labute approximate surface area is 158 Å². The molecule has 1 aliphatic heterocycles. The van der Waals surface area contributed by atoms with E-state index in [1.807, 2.05) is 35.2 Å². The van der Waals surface area contributed by atoms with Gasteiger partial charge in [-0.25, -0.2) is 9.37 Å². The molecule has 0 fully saturated rings. The molecular formula is C21H15FN4O2. The first-order valence-corrected chi connectivity index (χ1v) is 9.10. The average Bonchev–Trinajstić information content (AvgIpc) is 3.44. The summed E-state index contributed by atoms with van der Waals surface area (Å²) in [6.45, 7) is 0.644. The first-order valence-electron chi connectivity index (χ1n) is 9.10. The third-order valence-corrected chi connectivity index (χ3v) is 5.24. The number of aromatic nitrogens is 3. The van der Waals surface area contributed by atoms with Crippen LogP contribution < -0.4 is 4.90 Å². The number of hydrogen-bond acceptors (Lipinski definition) is 5. The molecule has 0 radical (unpaired) electrons. The number of nitrogens with one attached hydrogen (secondary N) is 1. The highest BCUT2D eigenvalue weighted by atomic mass is 19.1. The first-order chi connectivity index (χ1) is 13.8. The average molecular weight is 374 g/mol. The summed E-state index contributed by atoms with van der Waals surface area (Å²) in [5.41, 5.74) is 3.39. The van der Waals surface area contributed by atoms with E-state index in [2.05, 4.69) is 15.0 Å². The van der Waals surface area contributed by atoms with Crippen LogP contribution >= 0.6 is 0 Å². The number of para-hydroxylation sites is 2. The van der Waals surface area contributed by atoms with E-state index in [-0.39, 0.29) is 11.6 Å². The van der Waals surface area contributed by atoms with Crippen molar-refractivity contribution in [2.24, 2.45) is 0 Å². The van der Waals surface area contributed by atoms with Crippen molar-refractivity contribution < 1.29 is 13.2 Å². The van der Waals surface area contributed by atoms with Crippen molar-refractivity contribution in [1.29, 1.82) is 0 Å². The topological polar surface area (TPSA) is 71.1 Å². The number of imidazole rings is 1. The van der Waals surface area contributed by atoms with Crippen LogP contribution in [-0.4, -0.2) is 21.5 Å². The molecule has 0 saturated carbocycles. The molecule has 0 aliphatic carbocycles. The smallest absolute Gasteiger partial charge is 0.299 e. The van der Waals surface area contributed by atoms with Crippen LogP contribution in [0.5, 0.6) is 0 Å². The van der Waals surface area contributed by atoms with Gasteiger partial charge in [0.05, 0.1) is 12.0 Å². The maximum Gasteiger partial charge on any atom is 0.299 e. The Kier molecular flexibility index (Phi) is 3.14. The third-order valence-electron chi connectivity index (χ3n) is 5.24. The summed E-state index contributed by atoms with van der Waals surface area (Å²) in [7, 11) is 0. The summed E-state index contributed by atoms with van der Waals surface area (Å²) in [6, 6.07) is 14.7. The van der Waals surface area contributed by atoms with Gasteiger partial charge < -0.3 is 18.7 Å². The number of oxazole rings is 1. The van der Waals surface area contributed by atoms with Crippen LogP contribution in [0.1, 0.15) is 23.2 Å². The van der Waals surface area contributed by atoms with Gasteiger partial charge in [-0.2, -0.15) is 4.98 Å². The summed E-state index contributed by atoms with van der Waals surface area (Å²) in [5, 5.41) is 1.02. The molecule has 1 atom stereocenters. The van der Waals surface area contributed by atoms with Crippen molar-refractivity contribution in [3.8, 4) is 0 Å². The predicted molar refractivity (Wildman–Crippen MR) is 102 cm³/mol. The van der Waals surface area contributed by atoms with E-state index in [4.69, 9.17) is 8.83 Å². The number of rotatable bonds is 2. The summed E-state index contributed by atoms with van der Waals surface area (Å²) in [5.74, 6) is 0.325. The van der Waals surface area contributed by atoms with E-state index in [1.54, 1.807) is 18.5 Å². The molecular weight excluding hydrogens is 359 g/mol. The zero-order valence-electron chi connectivity index (χ0n) is 14.7. The van der Waals surface area contributed by atoms with Crippen LogP contribution in [0.2, 0.25) is 0 Å². The van der Waals surface area contributed by atoms with Gasteiger partial charge in [-0.3, -0.25) is 0 Å². The zero-order chi connectivity index (χ0) is 18.7. The van der Waals surface area contributed by atoms with Gasteiger partial charge in [-0.1, -0.05) is 24.3 Å². The van der Waals surface area contributed by atoms with Crippen LogP contribution in [0.15, 0.2) is 63.7 Å². The number of nitrogens with zero attached hydrogens (tertiary/aromatic N) is 3. The van der Waals surface area contributed by atoms with E-state index in [0.717, 1.165) is 34.5 Å². The molecule has 4 heterocycles. The Balaban J connectivity index is 1.54. The number of H-pyrrole nitrogens is 1. The van der Waals surface area contributed by atoms with E-state index in [0.29, 0.717) is 18.1 Å². The monoisotopic (exact) mass is 374 g/mol. The molecule has 0 spiro atoms. The van der Waals surface area contributed by atoms with Crippen LogP contribution in [-0.2, 0) is 6.42 Å². The van der Waals surface area contributed by atoms with Crippen molar-refractivity contribution in [3.05, 3.63) is 77.8 Å². The van der Waals surface area contributed by atoms with Crippen molar-refractivity contribution in [2.75, 3.05) is 11.4 Å². The van der Waals surface area contributed by atoms with Gasteiger partial charge in [0.15, 0.2) is 11.4 Å². The van der Waals surface area contributed by atoms with Gasteiger partial charge in [0.2, 0.25) is 0 Å². The van der Waals surface area contributed by atoms with Crippen molar-refractivity contribution in [3.63, 3.8) is 0 Å². The van der Waals surface area contributed by atoms with E-state index < -0.39 is 5.82 Å². The number of anilines is 1. The van der Waals surface area contributed by atoms with E-state index in [1.165, 1.54) is 6.07 Å². The fourth-order valence-electron chi connectivity index (χ4n) is 3.93. The van der Waals surface area contributed by atoms with Gasteiger partial charge in [0, 0.05) is 24.0 Å². The van der Waals surface area contributed by atoms with E-state index in [9.17, 15) is 4.39 Å². The zero-order valence-corrected chi connectivity index (χ0v) is 14.7. The lowest BCUT2D eigenvalue weighted by atomic mass is 10.0. The number of benzene rings is 2. The van der Waals surface area contributed by atoms with Crippen LogP contribution in [0.4, 0.5) is 10.4 Å². The Morgan fingerprint density at radius 2 is 2.04 bits per heavy atom. The number of halogens is 1. The lowest BCUT2D eigenvalue weighted by Gasteiger charge is -2.32. The SMILES string of the molecule is Fc1cccc2nc(N3CCc4[nH]cnc4[C@@H]3c3cc4ccccc4o3)oc12. The summed E-state index contributed by atoms with van der Waals surface area (Å²) < 4.78 is 26.1. The normalized spacial score (nSPS) is 16.8. The van der Waals surface area contributed by atoms with Crippen LogP contribution in [0.3, 0.4) is 0 Å². The predicted octanol–water partition coefficient (Wildman–Crippen LogP) is 4.59. The second-order valence-electron chi connectivity index (χ2n) is 6.88. The van der Waals surface area contributed by atoms with Gasteiger partial charge >= 0.3 is 0 Å². The fraction of sp³-hybridized carbons (Fsp3) is 0.143. The van der Waals surface area contributed by atoms with Crippen LogP contribution in [0, 0.1) is 5.82 Å². The van der Waals surface area contributed by atoms with Gasteiger partial charge in [0.1, 0.15) is 22.9 Å². The molecule has 0 bridgehead atoms. The Morgan fingerprint density at radius 3 is 2.93 bits per heavy atom. The Bertz CT molecular complexity index is 1290. The molecule has 0 unspecified atom stereocenters. The molecule has 0 saturated heterocycles. The third kappa shape index (κ3) is 2.19. The quantitative estimate of drug-likeness (QED) is 0.489. The Morgan fingerprint density at radius 1 is 1.11 bits per heavy atom. The summed E-state index contributed by atoms with van der Waals surface area (Å²) in [4.78, 5) is 14.2. The van der Waals surface area contributed by atoms with Crippen molar-refractivity contribution >= 4 is 28.1 Å². The van der Waals surface area contributed by atoms with Crippen molar-refractivity contribution in [1.82, 2.24) is 15.0 Å². The number of hydrogen-bond donors (Lipinski definition) is 1. The fourth-order valence-corrected chi connectivity index (χ4v) is 3.93. The minimum Gasteiger partial charge on any atom is -0.458 e. The Hall–Kier alpha value is -3.61. The van der Waals surface area contributed by atoms with E-state index >= 15 is 0 Å². The highest BCUT2D eigenvalue weighted by Gasteiger charge is 2.36. The minimum absolute atomic E-state index is 0.161. The molecule has 5 aromatic rings. The molecule has 2 aromatic carbocycles. The largest absolute Gasteiger partial charge is 0.458 e. The molecule has 6 rings (SSSR count). The molecule has 3 aromatic heterocycles. The van der Waals surface area contributed by atoms with Gasteiger partial charge in [-0.05, 0) is 24.3 Å². The molecule has 28 heavy (non-hydrogen) atoms. The lowest BCUT2D eigenvalue weighted by Crippen LogP contribution is -2.36. The minimum atomic E-state index is -0.422. The second kappa shape index (κ2) is 5.69. The number of furan rings is 1. The van der Waals surface area contributed by atoms with Crippen molar-refractivity contribution in [2.45, 2.75) is 12.5 Å². The highest BCUT2D eigenvalue weighted by Crippen LogP contribution is 2.39. The second-order valence-corrected chi connectivity index (χ2v) is 6.88. The molecule has 1 aliphatic rings. The molecule has 0 amide bonds.